The summed E-state index contributed by atoms with van der Waals surface area (Å²) >= 11 is 0. The monoisotopic (exact) mass is 427 g/mol. The number of carbonyl (C=O) groups excluding carboxylic acids is 2. The van der Waals surface area contributed by atoms with E-state index in [9.17, 15) is 19.5 Å². The van der Waals surface area contributed by atoms with Crippen LogP contribution in [0.3, 0.4) is 0 Å². The Morgan fingerprint density at radius 1 is 1.19 bits per heavy atom. The molecule has 1 aliphatic rings. The molecule has 2 aromatic rings. The van der Waals surface area contributed by atoms with Gasteiger partial charge in [0.05, 0.1) is 18.8 Å². The number of hydrogen-bond acceptors (Lipinski definition) is 7. The second-order valence-corrected chi connectivity index (χ2v) is 6.79. The zero-order valence-electron chi connectivity index (χ0n) is 16.8. The maximum atomic E-state index is 12.6. The molecule has 9 nitrogen and oxygen atoms in total. The molecule has 0 saturated carbocycles. The molecule has 1 heterocycles. The standard InChI is InChI=1S/C22H21NO8/c1-12(24)20(22(27)28)23-19(25)11-30-15-6-7-16-17(10-15)31-18(21(16)26)9-13-4-3-5-14(8-13)29-2/h3-10,12,20,24H,11H2,1-2H3,(H,23,25)(H,27,28)/b18-9-/t12?,20-/m1/s1. The molecule has 9 heteroatoms. The Bertz CT molecular complexity index is 1040. The Hall–Kier alpha value is -3.85. The molecule has 1 aliphatic heterocycles. The van der Waals surface area contributed by atoms with Crippen molar-refractivity contribution in [3.05, 3.63) is 59.4 Å². The lowest BCUT2D eigenvalue weighted by Gasteiger charge is -2.17. The number of carbonyl (C=O) groups is 3. The third-order valence-electron chi connectivity index (χ3n) is 4.47. The number of aliphatic hydroxyl groups excluding tert-OH is 1. The molecular weight excluding hydrogens is 406 g/mol. The summed E-state index contributed by atoms with van der Waals surface area (Å²) in [5.74, 6) is -1.04. The third kappa shape index (κ3) is 5.20. The highest BCUT2D eigenvalue weighted by molar-refractivity contribution is 6.14. The summed E-state index contributed by atoms with van der Waals surface area (Å²) in [7, 11) is 1.55. The van der Waals surface area contributed by atoms with Gasteiger partial charge in [0.1, 0.15) is 17.2 Å². The number of amides is 1. The lowest BCUT2D eigenvalue weighted by molar-refractivity contribution is -0.145. The molecule has 3 N–H and O–H groups in total. The van der Waals surface area contributed by atoms with Gasteiger partial charge in [-0.3, -0.25) is 9.59 Å². The number of Topliss-reactive ketones (excluding diaryl/α,β-unsaturated/α-hetero) is 1. The van der Waals surface area contributed by atoms with E-state index < -0.39 is 30.6 Å². The second kappa shape index (κ2) is 9.31. The van der Waals surface area contributed by atoms with E-state index in [1.54, 1.807) is 37.5 Å². The summed E-state index contributed by atoms with van der Waals surface area (Å²) in [4.78, 5) is 35.5. The van der Waals surface area contributed by atoms with Gasteiger partial charge in [-0.05, 0) is 42.8 Å². The molecule has 2 aromatic carbocycles. The highest BCUT2D eigenvalue weighted by atomic mass is 16.5. The van der Waals surface area contributed by atoms with Crippen molar-refractivity contribution < 1.29 is 38.8 Å². The van der Waals surface area contributed by atoms with Gasteiger partial charge >= 0.3 is 5.97 Å². The van der Waals surface area contributed by atoms with Crippen molar-refractivity contribution in [3.63, 3.8) is 0 Å². The van der Waals surface area contributed by atoms with E-state index in [-0.39, 0.29) is 23.0 Å². The zero-order chi connectivity index (χ0) is 22.5. The van der Waals surface area contributed by atoms with Crippen LogP contribution >= 0.6 is 0 Å². The number of carboxylic acid groups (broad SMARTS) is 1. The van der Waals surface area contributed by atoms with Gasteiger partial charge in [-0.15, -0.1) is 0 Å². The summed E-state index contributed by atoms with van der Waals surface area (Å²) in [6.45, 7) is 0.779. The number of fused-ring (bicyclic) bond motifs is 1. The first kappa shape index (κ1) is 21.8. The Labute approximate surface area is 177 Å². The highest BCUT2D eigenvalue weighted by Gasteiger charge is 2.28. The maximum Gasteiger partial charge on any atom is 0.328 e. The molecule has 0 radical (unpaired) electrons. The fourth-order valence-corrected chi connectivity index (χ4v) is 2.89. The van der Waals surface area contributed by atoms with E-state index in [0.29, 0.717) is 11.3 Å². The van der Waals surface area contributed by atoms with Crippen molar-refractivity contribution in [2.24, 2.45) is 0 Å². The largest absolute Gasteiger partial charge is 0.497 e. The highest BCUT2D eigenvalue weighted by Crippen LogP contribution is 2.35. The van der Waals surface area contributed by atoms with Crippen LogP contribution < -0.4 is 19.5 Å². The van der Waals surface area contributed by atoms with Gasteiger partial charge < -0.3 is 29.7 Å². The third-order valence-corrected chi connectivity index (χ3v) is 4.47. The van der Waals surface area contributed by atoms with Gasteiger partial charge in [0.25, 0.3) is 5.91 Å². The second-order valence-electron chi connectivity index (χ2n) is 6.79. The Balaban J connectivity index is 1.67. The van der Waals surface area contributed by atoms with E-state index in [0.717, 1.165) is 5.56 Å². The van der Waals surface area contributed by atoms with Crippen molar-refractivity contribution in [2.75, 3.05) is 13.7 Å². The van der Waals surface area contributed by atoms with Crippen LogP contribution in [0.4, 0.5) is 0 Å². The van der Waals surface area contributed by atoms with Crippen molar-refractivity contribution in [2.45, 2.75) is 19.1 Å². The van der Waals surface area contributed by atoms with Crippen LogP contribution in [0, 0.1) is 0 Å². The summed E-state index contributed by atoms with van der Waals surface area (Å²) in [5, 5.41) is 20.6. The van der Waals surface area contributed by atoms with Crippen LogP contribution in [0.15, 0.2) is 48.2 Å². The van der Waals surface area contributed by atoms with Crippen LogP contribution in [0.5, 0.6) is 17.2 Å². The van der Waals surface area contributed by atoms with Crippen LogP contribution in [-0.4, -0.2) is 53.7 Å². The van der Waals surface area contributed by atoms with Gasteiger partial charge in [0.15, 0.2) is 18.4 Å². The Morgan fingerprint density at radius 3 is 2.65 bits per heavy atom. The fraction of sp³-hybridized carbons (Fsp3) is 0.227. The van der Waals surface area contributed by atoms with Crippen LogP contribution in [0.1, 0.15) is 22.8 Å². The predicted octanol–water partition coefficient (Wildman–Crippen LogP) is 1.64. The first-order chi connectivity index (χ1) is 14.8. The molecule has 3 rings (SSSR count). The predicted molar refractivity (Wildman–Crippen MR) is 109 cm³/mol. The molecule has 2 atom stereocenters. The maximum absolute atomic E-state index is 12.6. The number of hydrogen-bond donors (Lipinski definition) is 3. The van der Waals surface area contributed by atoms with E-state index in [2.05, 4.69) is 5.32 Å². The fourth-order valence-electron chi connectivity index (χ4n) is 2.89. The Morgan fingerprint density at radius 2 is 1.97 bits per heavy atom. The molecule has 0 saturated heterocycles. The number of allylic oxidation sites excluding steroid dienone is 1. The SMILES string of the molecule is COc1cccc(/C=C2\Oc3cc(OCC(=O)N[C@@H](C(=O)O)C(C)O)ccc3C2=O)c1. The summed E-state index contributed by atoms with van der Waals surface area (Å²) < 4.78 is 16.2. The van der Waals surface area contributed by atoms with E-state index >= 15 is 0 Å². The number of carboxylic acids is 1. The van der Waals surface area contributed by atoms with E-state index in [1.807, 2.05) is 0 Å². The van der Waals surface area contributed by atoms with Gasteiger partial charge in [-0.1, -0.05) is 12.1 Å². The van der Waals surface area contributed by atoms with Crippen molar-refractivity contribution in [3.8, 4) is 17.2 Å². The van der Waals surface area contributed by atoms with E-state index in [4.69, 9.17) is 19.3 Å². The number of nitrogens with one attached hydrogen (secondary N) is 1. The zero-order valence-corrected chi connectivity index (χ0v) is 16.8. The van der Waals surface area contributed by atoms with Gasteiger partial charge in [-0.2, -0.15) is 0 Å². The number of aliphatic hydroxyl groups is 1. The van der Waals surface area contributed by atoms with Gasteiger partial charge in [0, 0.05) is 6.07 Å². The summed E-state index contributed by atoms with van der Waals surface area (Å²) in [6.07, 6.45) is 0.330. The number of benzene rings is 2. The molecule has 162 valence electrons. The van der Waals surface area contributed by atoms with Crippen molar-refractivity contribution in [1.82, 2.24) is 5.32 Å². The molecular formula is C22H21NO8. The molecule has 0 aliphatic carbocycles. The van der Waals surface area contributed by atoms with Crippen LogP contribution in [0.2, 0.25) is 0 Å². The first-order valence-electron chi connectivity index (χ1n) is 9.34. The minimum atomic E-state index is -1.44. The van der Waals surface area contributed by atoms with Gasteiger partial charge in [-0.25, -0.2) is 4.79 Å². The minimum Gasteiger partial charge on any atom is -0.497 e. The average molecular weight is 427 g/mol. The van der Waals surface area contributed by atoms with Crippen LogP contribution in [0.25, 0.3) is 6.08 Å². The van der Waals surface area contributed by atoms with Crippen LogP contribution in [-0.2, 0) is 9.59 Å². The van der Waals surface area contributed by atoms with Crippen molar-refractivity contribution in [1.29, 1.82) is 0 Å². The van der Waals surface area contributed by atoms with Gasteiger partial charge in [0.2, 0.25) is 5.78 Å². The lowest BCUT2D eigenvalue weighted by atomic mass is 10.1. The molecule has 31 heavy (non-hydrogen) atoms. The molecule has 0 aromatic heterocycles. The minimum absolute atomic E-state index is 0.138. The number of methoxy groups -OCH3 is 1. The Kier molecular flexibility index (Phi) is 6.56. The summed E-state index contributed by atoms with van der Waals surface area (Å²) in [5.41, 5.74) is 1.08. The van der Waals surface area contributed by atoms with Crippen molar-refractivity contribution >= 4 is 23.7 Å². The lowest BCUT2D eigenvalue weighted by Crippen LogP contribution is -2.49. The quantitative estimate of drug-likeness (QED) is 0.542. The molecule has 0 bridgehead atoms. The molecule has 1 amide bonds. The topological polar surface area (TPSA) is 131 Å². The smallest absolute Gasteiger partial charge is 0.328 e. The number of ketones is 1. The number of rotatable bonds is 8. The molecule has 0 fully saturated rings. The molecule has 0 spiro atoms. The number of aliphatic carboxylic acids is 1. The summed E-state index contributed by atoms with van der Waals surface area (Å²) in [6, 6.07) is 10.2. The first-order valence-corrected chi connectivity index (χ1v) is 9.34. The normalized spacial score (nSPS) is 15.6. The molecule has 1 unspecified atom stereocenters. The average Bonchev–Trinajstić information content (AvgIpc) is 3.04. The number of ether oxygens (including phenoxy) is 3. The van der Waals surface area contributed by atoms with E-state index in [1.165, 1.54) is 25.1 Å².